The predicted octanol–water partition coefficient (Wildman–Crippen LogP) is -0.679. The van der Waals surface area contributed by atoms with Crippen molar-refractivity contribution in [3.8, 4) is 11.8 Å². The number of aryl methyl sites for hydroxylation is 1. The first-order chi connectivity index (χ1) is 11.4. The average molecular weight is 343 g/mol. The number of nitrogens with zero attached hydrogens (tertiary/aromatic N) is 2. The summed E-state index contributed by atoms with van der Waals surface area (Å²) in [4.78, 5) is 35.6. The van der Waals surface area contributed by atoms with E-state index in [4.69, 9.17) is 5.73 Å². The molecule has 7 nitrogen and oxygen atoms in total. The smallest absolute Gasteiger partial charge is 0.332 e. The number of esters is 1. The highest BCUT2D eigenvalue weighted by Gasteiger charge is 2.15. The van der Waals surface area contributed by atoms with Crippen LogP contribution in [-0.4, -0.2) is 23.6 Å². The number of nitrogens with two attached hydrogens (primary N) is 1. The highest BCUT2D eigenvalue weighted by molar-refractivity contribution is 7.07. The number of thiazole rings is 1. The third-order valence-corrected chi connectivity index (χ3v) is 4.23. The summed E-state index contributed by atoms with van der Waals surface area (Å²) in [5.41, 5.74) is 5.76. The first-order valence-corrected chi connectivity index (χ1v) is 7.53. The Labute approximate surface area is 140 Å². The van der Waals surface area contributed by atoms with Gasteiger partial charge in [0, 0.05) is 6.08 Å². The first-order valence-electron chi connectivity index (χ1n) is 6.71. The first kappa shape index (κ1) is 17.2. The van der Waals surface area contributed by atoms with Crippen molar-refractivity contribution >= 4 is 34.9 Å². The van der Waals surface area contributed by atoms with E-state index in [9.17, 15) is 19.6 Å². The number of benzene rings is 1. The summed E-state index contributed by atoms with van der Waals surface area (Å²) < 4.78 is 5.79. The molecule has 0 aliphatic heterocycles. The van der Waals surface area contributed by atoms with E-state index in [1.165, 1.54) is 11.7 Å². The molecule has 8 heteroatoms. The van der Waals surface area contributed by atoms with Gasteiger partial charge in [-0.15, -0.1) is 11.3 Å². The lowest BCUT2D eigenvalue weighted by molar-refractivity contribution is -0.133. The van der Waals surface area contributed by atoms with Gasteiger partial charge in [0.15, 0.2) is 5.57 Å². The van der Waals surface area contributed by atoms with Gasteiger partial charge in [-0.2, -0.15) is 5.26 Å². The Morgan fingerprint density at radius 2 is 1.96 bits per heavy atom. The minimum absolute atomic E-state index is 0.0337. The number of amides is 1. The normalized spacial score (nSPS) is 12.5. The second-order valence-electron chi connectivity index (χ2n) is 4.77. The third kappa shape index (κ3) is 3.26. The summed E-state index contributed by atoms with van der Waals surface area (Å²) in [6, 6.07) is 8.61. The second kappa shape index (κ2) is 6.93. The van der Waals surface area contributed by atoms with E-state index in [0.717, 1.165) is 23.0 Å². The van der Waals surface area contributed by atoms with Crippen LogP contribution in [0, 0.1) is 18.3 Å². The molecule has 0 saturated heterocycles. The topological polar surface area (TPSA) is 115 Å². The summed E-state index contributed by atoms with van der Waals surface area (Å²) in [6.07, 6.45) is 1.01. The van der Waals surface area contributed by atoms with Gasteiger partial charge in [0.25, 0.3) is 11.5 Å². The van der Waals surface area contributed by atoms with Crippen molar-refractivity contribution < 1.29 is 14.3 Å². The van der Waals surface area contributed by atoms with Gasteiger partial charge in [-0.3, -0.25) is 14.2 Å². The number of carbonyl (C=O) groups excluding carboxylic acids is 2. The summed E-state index contributed by atoms with van der Waals surface area (Å²) in [6.45, 7) is 1.88. The van der Waals surface area contributed by atoms with E-state index in [0.29, 0.717) is 5.69 Å². The Morgan fingerprint density at radius 1 is 1.33 bits per heavy atom. The number of hydrogen-bond acceptors (Lipinski definition) is 6. The summed E-state index contributed by atoms with van der Waals surface area (Å²) in [7, 11) is 1.18. The van der Waals surface area contributed by atoms with Crippen molar-refractivity contribution in [1.82, 2.24) is 4.57 Å². The molecule has 1 amide bonds. The van der Waals surface area contributed by atoms with Gasteiger partial charge < -0.3 is 10.5 Å². The van der Waals surface area contributed by atoms with Crippen molar-refractivity contribution in [2.24, 2.45) is 5.73 Å². The zero-order chi connectivity index (χ0) is 17.9. The van der Waals surface area contributed by atoms with Crippen LogP contribution in [0.25, 0.3) is 17.3 Å². The van der Waals surface area contributed by atoms with Gasteiger partial charge in [0.05, 0.1) is 12.8 Å². The van der Waals surface area contributed by atoms with Crippen molar-refractivity contribution in [1.29, 1.82) is 5.26 Å². The Morgan fingerprint density at radius 3 is 2.46 bits per heavy atom. The van der Waals surface area contributed by atoms with Gasteiger partial charge >= 0.3 is 5.97 Å². The fourth-order valence-corrected chi connectivity index (χ4v) is 3.02. The van der Waals surface area contributed by atoms with E-state index in [-0.39, 0.29) is 14.8 Å². The molecule has 0 unspecified atom stereocenters. The Hall–Kier alpha value is -3.18. The van der Waals surface area contributed by atoms with Gasteiger partial charge in [-0.25, -0.2) is 4.79 Å². The summed E-state index contributed by atoms with van der Waals surface area (Å²) in [5, 5.41) is 9.20. The Bertz CT molecular complexity index is 1020. The standard InChI is InChI=1S/C16H13N3O4S/c1-9-3-5-10(6-4-9)19-15(22)12(7-13(20)23-2)24-16(19)11(8-17)14(18)21/h3-7H,1-2H3,(H2,18,21)/b12-7-,16-11-. The highest BCUT2D eigenvalue weighted by Crippen LogP contribution is 2.06. The zero-order valence-corrected chi connectivity index (χ0v) is 13.7. The van der Waals surface area contributed by atoms with Crippen molar-refractivity contribution in [2.75, 3.05) is 7.11 Å². The molecular formula is C16H13N3O4S. The molecule has 0 atom stereocenters. The quantitative estimate of drug-likeness (QED) is 0.742. The zero-order valence-electron chi connectivity index (χ0n) is 12.9. The number of primary amides is 1. The minimum atomic E-state index is -0.954. The molecular weight excluding hydrogens is 330 g/mol. The maximum absolute atomic E-state index is 12.6. The lowest BCUT2D eigenvalue weighted by atomic mass is 10.2. The molecule has 0 aliphatic rings. The predicted molar refractivity (Wildman–Crippen MR) is 88.6 cm³/mol. The van der Waals surface area contributed by atoms with E-state index in [1.54, 1.807) is 30.3 Å². The molecule has 24 heavy (non-hydrogen) atoms. The lowest BCUT2D eigenvalue weighted by Crippen LogP contribution is -2.32. The minimum Gasteiger partial charge on any atom is -0.466 e. The Kier molecular flexibility index (Phi) is 4.96. The summed E-state index contributed by atoms with van der Waals surface area (Å²) >= 11 is 0.824. The van der Waals surface area contributed by atoms with E-state index in [1.807, 2.05) is 6.92 Å². The lowest BCUT2D eigenvalue weighted by Gasteiger charge is -2.03. The fourth-order valence-electron chi connectivity index (χ4n) is 1.95. The molecule has 0 saturated carbocycles. The monoisotopic (exact) mass is 343 g/mol. The molecule has 0 radical (unpaired) electrons. The van der Waals surface area contributed by atoms with Gasteiger partial charge in [-0.1, -0.05) is 17.7 Å². The summed E-state index contributed by atoms with van der Waals surface area (Å²) in [5.74, 6) is -1.67. The molecule has 122 valence electrons. The van der Waals surface area contributed by atoms with Crippen LogP contribution in [-0.2, 0) is 14.3 Å². The van der Waals surface area contributed by atoms with Crippen LogP contribution in [0.1, 0.15) is 5.56 Å². The number of carbonyl (C=O) groups is 2. The molecule has 1 aromatic carbocycles. The van der Waals surface area contributed by atoms with Crippen LogP contribution in [0.4, 0.5) is 0 Å². The average Bonchev–Trinajstić information content (AvgIpc) is 2.85. The number of rotatable bonds is 3. The maximum atomic E-state index is 12.6. The van der Waals surface area contributed by atoms with E-state index >= 15 is 0 Å². The van der Waals surface area contributed by atoms with Crippen molar-refractivity contribution in [3.05, 3.63) is 49.4 Å². The van der Waals surface area contributed by atoms with E-state index in [2.05, 4.69) is 4.74 Å². The molecule has 1 aromatic heterocycles. The largest absolute Gasteiger partial charge is 0.466 e. The number of nitriles is 1. The SMILES string of the molecule is COC(=O)/C=c1\s/c(=C(/C#N)C(N)=O)n(-c2ccc(C)cc2)c1=O. The number of ether oxygens (including phenoxy) is 1. The molecule has 0 spiro atoms. The highest BCUT2D eigenvalue weighted by atomic mass is 32.1. The molecule has 0 fully saturated rings. The van der Waals surface area contributed by atoms with Gasteiger partial charge in [-0.05, 0) is 19.1 Å². The second-order valence-corrected chi connectivity index (χ2v) is 5.80. The van der Waals surface area contributed by atoms with Crippen LogP contribution in [0.5, 0.6) is 0 Å². The molecule has 2 aromatic rings. The van der Waals surface area contributed by atoms with Crippen molar-refractivity contribution in [3.63, 3.8) is 0 Å². The molecule has 0 bridgehead atoms. The maximum Gasteiger partial charge on any atom is 0.332 e. The molecule has 2 N–H and O–H groups in total. The molecule has 0 aliphatic carbocycles. The molecule has 2 rings (SSSR count). The number of methoxy groups -OCH3 is 1. The number of hydrogen-bond donors (Lipinski definition) is 1. The van der Waals surface area contributed by atoms with Gasteiger partial charge in [0.2, 0.25) is 0 Å². The van der Waals surface area contributed by atoms with E-state index < -0.39 is 17.4 Å². The van der Waals surface area contributed by atoms with Crippen LogP contribution >= 0.6 is 11.3 Å². The Balaban J connectivity index is 2.97. The van der Waals surface area contributed by atoms with Crippen LogP contribution in [0.2, 0.25) is 0 Å². The van der Waals surface area contributed by atoms with Crippen LogP contribution in [0.15, 0.2) is 29.1 Å². The third-order valence-electron chi connectivity index (χ3n) is 3.14. The van der Waals surface area contributed by atoms with Crippen molar-refractivity contribution in [2.45, 2.75) is 6.92 Å². The van der Waals surface area contributed by atoms with Crippen LogP contribution in [0.3, 0.4) is 0 Å². The van der Waals surface area contributed by atoms with Crippen LogP contribution < -0.4 is 20.5 Å². The van der Waals surface area contributed by atoms with Gasteiger partial charge in [0.1, 0.15) is 15.3 Å². The fraction of sp³-hybridized carbons (Fsp3) is 0.125. The number of aromatic nitrogens is 1. The molecule has 1 heterocycles.